The summed E-state index contributed by atoms with van der Waals surface area (Å²) in [6, 6.07) is 9.43. The minimum atomic E-state index is -0.484. The molecule has 222 valence electrons. The lowest BCUT2D eigenvalue weighted by Crippen LogP contribution is -2.67. The van der Waals surface area contributed by atoms with Gasteiger partial charge in [-0.3, -0.25) is 4.79 Å². The van der Waals surface area contributed by atoms with Crippen LogP contribution in [0, 0.1) is 29.9 Å². The van der Waals surface area contributed by atoms with Crippen LogP contribution < -0.4 is 4.90 Å². The number of benzene rings is 2. The highest BCUT2D eigenvalue weighted by atomic mass is 19.1. The third-order valence-electron chi connectivity index (χ3n) is 9.21. The number of piperidine rings is 1. The van der Waals surface area contributed by atoms with Crippen molar-refractivity contribution in [2.45, 2.75) is 50.7 Å². The number of nitriles is 1. The molecule has 2 aliphatic rings. The maximum Gasteiger partial charge on any atom is 0.246 e. The Labute approximate surface area is 249 Å². The normalized spacial score (nSPS) is 20.0. The van der Waals surface area contributed by atoms with E-state index in [-0.39, 0.29) is 35.5 Å². The first-order chi connectivity index (χ1) is 20.6. The van der Waals surface area contributed by atoms with E-state index in [1.165, 1.54) is 18.2 Å². The first-order valence-corrected chi connectivity index (χ1v) is 14.4. The van der Waals surface area contributed by atoms with Crippen LogP contribution in [0.15, 0.2) is 43.0 Å². The lowest BCUT2D eigenvalue weighted by molar-refractivity contribution is -0.130. The van der Waals surface area contributed by atoms with Crippen LogP contribution >= 0.6 is 0 Å². The quantitative estimate of drug-likeness (QED) is 0.294. The van der Waals surface area contributed by atoms with Gasteiger partial charge in [0.15, 0.2) is 17.2 Å². The smallest absolute Gasteiger partial charge is 0.246 e. The number of aromatic nitrogens is 4. The number of fused-ring (bicyclic) bond motifs is 3. The number of nitrogens with zero attached hydrogens (tertiary/aromatic N) is 8. The van der Waals surface area contributed by atoms with Crippen molar-refractivity contribution in [3.8, 4) is 17.2 Å². The molecule has 0 radical (unpaired) electrons. The number of amides is 1. The lowest BCUT2D eigenvalue weighted by atomic mass is 9.90. The summed E-state index contributed by atoms with van der Waals surface area (Å²) in [6.45, 7) is 9.42. The van der Waals surface area contributed by atoms with Crippen molar-refractivity contribution >= 4 is 33.7 Å². The number of anilines is 1. The summed E-state index contributed by atoms with van der Waals surface area (Å²) < 4.78 is 32.1. The monoisotopic (exact) mass is 584 g/mol. The zero-order valence-corrected chi connectivity index (χ0v) is 24.8. The predicted octanol–water partition coefficient (Wildman–Crippen LogP) is 5.01. The number of aryl methyl sites for hydroxylation is 1. The van der Waals surface area contributed by atoms with Gasteiger partial charge in [0.05, 0.1) is 24.1 Å². The van der Waals surface area contributed by atoms with Gasteiger partial charge in [0, 0.05) is 36.6 Å². The van der Waals surface area contributed by atoms with Gasteiger partial charge in [0.25, 0.3) is 0 Å². The number of carbonyl (C=O) groups is 1. The number of pyridine rings is 1. The van der Waals surface area contributed by atoms with Gasteiger partial charge in [0.2, 0.25) is 5.91 Å². The molecule has 2 saturated heterocycles. The van der Waals surface area contributed by atoms with Crippen molar-refractivity contribution in [3.05, 3.63) is 60.2 Å². The van der Waals surface area contributed by atoms with Gasteiger partial charge >= 0.3 is 0 Å². The lowest BCUT2D eigenvalue weighted by Gasteiger charge is -2.52. The molecule has 0 spiro atoms. The SMILES string of the molecule is C=CC(=O)N1CC[C@H](n2nnc3c(N4CC(C)(N(C)C)C4)nc4c(F)c(-c5ccc(F)cc5)c(C)cc4c32)C[C@H]1CC#N. The zero-order valence-electron chi connectivity index (χ0n) is 24.8. The van der Waals surface area contributed by atoms with Crippen LogP contribution in [0.25, 0.3) is 33.1 Å². The van der Waals surface area contributed by atoms with Crippen LogP contribution in [0.3, 0.4) is 0 Å². The standard InChI is InChI=1S/C32H34F2N8O/c1-6-25(43)41-14-12-23(16-22(41)11-13-35)42-30-24-15-19(2)26(20-7-9-21(33)10-8-20)27(34)28(24)36-31(29(30)37-38-42)40-17-32(3,18-40)39(4)5/h6-10,15,22-23H,1,11-12,14,16-18H2,2-5H3/t22-,23+/m1/s1. The summed E-state index contributed by atoms with van der Waals surface area (Å²) in [5.74, 6) is -0.514. The van der Waals surface area contributed by atoms with E-state index in [1.54, 1.807) is 17.0 Å². The van der Waals surface area contributed by atoms with E-state index in [1.807, 2.05) is 31.8 Å². The molecule has 2 fully saturated rings. The molecule has 43 heavy (non-hydrogen) atoms. The van der Waals surface area contributed by atoms with Crippen molar-refractivity contribution < 1.29 is 13.6 Å². The molecule has 4 aromatic rings. The molecule has 2 atom stereocenters. The number of likely N-dealkylation sites (tertiary alicyclic amines) is 1. The molecule has 9 nitrogen and oxygen atoms in total. The number of rotatable bonds is 6. The predicted molar refractivity (Wildman–Crippen MR) is 161 cm³/mol. The second kappa shape index (κ2) is 10.7. The van der Waals surface area contributed by atoms with E-state index >= 15 is 4.39 Å². The Kier molecular flexibility index (Phi) is 7.13. The van der Waals surface area contributed by atoms with Crippen LogP contribution in [0.2, 0.25) is 0 Å². The Hall–Kier alpha value is -4.43. The molecule has 0 N–H and O–H groups in total. The molecule has 0 bridgehead atoms. The molecular weight excluding hydrogens is 550 g/mol. The Morgan fingerprint density at radius 3 is 2.60 bits per heavy atom. The van der Waals surface area contributed by atoms with Crippen molar-refractivity contribution in [3.63, 3.8) is 0 Å². The number of halogens is 2. The fourth-order valence-electron chi connectivity index (χ4n) is 6.52. The topological polar surface area (TPSA) is 94.2 Å². The molecule has 2 aliphatic heterocycles. The summed E-state index contributed by atoms with van der Waals surface area (Å²) in [4.78, 5) is 23.4. The Bertz CT molecular complexity index is 1790. The molecule has 2 aromatic carbocycles. The van der Waals surface area contributed by atoms with E-state index in [0.29, 0.717) is 71.4 Å². The van der Waals surface area contributed by atoms with Crippen LogP contribution in [0.1, 0.15) is 37.8 Å². The number of carbonyl (C=O) groups excluding carboxylic acids is 1. The summed E-state index contributed by atoms with van der Waals surface area (Å²) in [6.07, 6.45) is 2.56. The Morgan fingerprint density at radius 1 is 1.23 bits per heavy atom. The molecule has 0 aliphatic carbocycles. The van der Waals surface area contributed by atoms with Gasteiger partial charge in [-0.05, 0) is 76.2 Å². The van der Waals surface area contributed by atoms with Crippen molar-refractivity contribution in [1.29, 1.82) is 5.26 Å². The molecule has 6 rings (SSSR count). The number of hydrogen-bond donors (Lipinski definition) is 0. The highest BCUT2D eigenvalue weighted by Crippen LogP contribution is 2.41. The molecule has 0 saturated carbocycles. The van der Waals surface area contributed by atoms with Gasteiger partial charge in [0.1, 0.15) is 16.9 Å². The Balaban J connectivity index is 1.53. The van der Waals surface area contributed by atoms with Gasteiger partial charge < -0.3 is 14.7 Å². The third-order valence-corrected chi connectivity index (χ3v) is 9.21. The number of hydrogen-bond acceptors (Lipinski definition) is 7. The van der Waals surface area contributed by atoms with Gasteiger partial charge in [-0.15, -0.1) is 5.10 Å². The minimum Gasteiger partial charge on any atom is -0.351 e. The highest BCUT2D eigenvalue weighted by molar-refractivity contribution is 6.08. The van der Waals surface area contributed by atoms with E-state index in [4.69, 9.17) is 4.98 Å². The first-order valence-electron chi connectivity index (χ1n) is 14.4. The number of likely N-dealkylation sites (N-methyl/N-ethyl adjacent to an activating group) is 1. The summed E-state index contributed by atoms with van der Waals surface area (Å²) >= 11 is 0. The summed E-state index contributed by atoms with van der Waals surface area (Å²) in [7, 11) is 4.07. The Morgan fingerprint density at radius 2 is 1.95 bits per heavy atom. The van der Waals surface area contributed by atoms with E-state index in [0.717, 1.165) is 0 Å². The fourth-order valence-corrected chi connectivity index (χ4v) is 6.52. The molecule has 0 unspecified atom stereocenters. The molecule has 4 heterocycles. The molecule has 2 aromatic heterocycles. The second-order valence-electron chi connectivity index (χ2n) is 12.1. The van der Waals surface area contributed by atoms with Crippen LogP contribution in [0.5, 0.6) is 0 Å². The molecular formula is C32H34F2N8O. The van der Waals surface area contributed by atoms with E-state index in [2.05, 4.69) is 39.7 Å². The maximum atomic E-state index is 16.6. The van der Waals surface area contributed by atoms with Crippen molar-refractivity contribution in [1.82, 2.24) is 29.8 Å². The average Bonchev–Trinajstić information content (AvgIpc) is 3.42. The van der Waals surface area contributed by atoms with Crippen LogP contribution in [0.4, 0.5) is 14.6 Å². The first kappa shape index (κ1) is 28.7. The van der Waals surface area contributed by atoms with Crippen LogP contribution in [-0.4, -0.2) is 81.0 Å². The highest BCUT2D eigenvalue weighted by Gasteiger charge is 2.43. The minimum absolute atomic E-state index is 0.0704. The molecule has 1 amide bonds. The van der Waals surface area contributed by atoms with E-state index in [9.17, 15) is 14.4 Å². The van der Waals surface area contributed by atoms with E-state index < -0.39 is 11.6 Å². The summed E-state index contributed by atoms with van der Waals surface area (Å²) in [5.41, 5.74) is 3.00. The van der Waals surface area contributed by atoms with Gasteiger partial charge in [-0.25, -0.2) is 18.4 Å². The average molecular weight is 585 g/mol. The van der Waals surface area contributed by atoms with Gasteiger partial charge in [-0.2, -0.15) is 5.26 Å². The van der Waals surface area contributed by atoms with Gasteiger partial charge in [-0.1, -0.05) is 23.9 Å². The van der Waals surface area contributed by atoms with Crippen molar-refractivity contribution in [2.24, 2.45) is 0 Å². The summed E-state index contributed by atoms with van der Waals surface area (Å²) in [5, 5.41) is 19.3. The van der Waals surface area contributed by atoms with Crippen LogP contribution in [-0.2, 0) is 4.79 Å². The fraction of sp³-hybridized carbons (Fsp3) is 0.406. The van der Waals surface area contributed by atoms with Crippen molar-refractivity contribution in [2.75, 3.05) is 38.6 Å². The maximum absolute atomic E-state index is 16.6. The largest absolute Gasteiger partial charge is 0.351 e. The second-order valence-corrected chi connectivity index (χ2v) is 12.1. The molecule has 11 heteroatoms. The zero-order chi connectivity index (χ0) is 30.6. The third kappa shape index (κ3) is 4.70.